The average Bonchev–Trinajstić information content (AvgIpc) is 3.10. The molecule has 0 bridgehead atoms. The van der Waals surface area contributed by atoms with E-state index in [0.29, 0.717) is 24.4 Å². The lowest BCUT2D eigenvalue weighted by Gasteiger charge is -2.23. The van der Waals surface area contributed by atoms with E-state index in [4.69, 9.17) is 0 Å². The molecule has 1 aliphatic heterocycles. The molecule has 22 heavy (non-hydrogen) atoms. The van der Waals surface area contributed by atoms with Crippen molar-refractivity contribution < 1.29 is 14.7 Å². The summed E-state index contributed by atoms with van der Waals surface area (Å²) in [5, 5.41) is 10.6. The summed E-state index contributed by atoms with van der Waals surface area (Å²) in [6.07, 6.45) is 4.46. The Balaban J connectivity index is 1.81. The predicted octanol–water partition coefficient (Wildman–Crippen LogP) is 2.73. The third-order valence-electron chi connectivity index (χ3n) is 5.08. The van der Waals surface area contributed by atoms with Crippen LogP contribution in [0.4, 0.5) is 0 Å². The lowest BCUT2D eigenvalue weighted by Crippen LogP contribution is -2.37. The zero-order valence-corrected chi connectivity index (χ0v) is 13.9. The van der Waals surface area contributed by atoms with Crippen molar-refractivity contribution in [2.75, 3.05) is 13.1 Å². The van der Waals surface area contributed by atoms with Gasteiger partial charge in [-0.1, -0.05) is 13.3 Å². The molecule has 1 aliphatic carbocycles. The van der Waals surface area contributed by atoms with E-state index in [-0.39, 0.29) is 11.8 Å². The maximum atomic E-state index is 12.8. The maximum absolute atomic E-state index is 12.8. The number of carboxylic acids is 1. The Hall–Kier alpha value is -1.43. The summed E-state index contributed by atoms with van der Waals surface area (Å²) in [5.74, 6) is -0.664. The van der Waals surface area contributed by atoms with Crippen LogP contribution in [0.5, 0.6) is 0 Å². The first kappa shape index (κ1) is 15.5. The highest BCUT2D eigenvalue weighted by Gasteiger charge is 2.56. The summed E-state index contributed by atoms with van der Waals surface area (Å²) in [6.45, 7) is 4.89. The minimum absolute atomic E-state index is 0.0348. The van der Waals surface area contributed by atoms with Crippen molar-refractivity contribution in [1.82, 2.24) is 9.88 Å². The van der Waals surface area contributed by atoms with Gasteiger partial charge < -0.3 is 10.0 Å². The molecule has 6 heteroatoms. The number of carbonyl (C=O) groups is 2. The second-order valence-corrected chi connectivity index (χ2v) is 7.59. The van der Waals surface area contributed by atoms with Crippen LogP contribution in [0.15, 0.2) is 0 Å². The number of nitrogens with zero attached hydrogens (tertiary/aromatic N) is 2. The number of hydrogen-bond donors (Lipinski definition) is 1. The van der Waals surface area contributed by atoms with Gasteiger partial charge in [0.2, 0.25) is 0 Å². The monoisotopic (exact) mass is 322 g/mol. The van der Waals surface area contributed by atoms with Gasteiger partial charge >= 0.3 is 5.97 Å². The minimum Gasteiger partial charge on any atom is -0.481 e. The van der Waals surface area contributed by atoms with E-state index in [1.807, 2.05) is 6.92 Å². The van der Waals surface area contributed by atoms with Crippen molar-refractivity contribution in [2.24, 2.45) is 11.3 Å². The highest BCUT2D eigenvalue weighted by atomic mass is 32.1. The Bertz CT molecular complexity index is 613. The van der Waals surface area contributed by atoms with Crippen LogP contribution in [0, 0.1) is 18.3 Å². The molecule has 1 saturated heterocycles. The van der Waals surface area contributed by atoms with Crippen LogP contribution < -0.4 is 0 Å². The number of aryl methyl sites for hydroxylation is 2. The molecule has 0 unspecified atom stereocenters. The van der Waals surface area contributed by atoms with Gasteiger partial charge in [-0.05, 0) is 38.5 Å². The summed E-state index contributed by atoms with van der Waals surface area (Å²) in [7, 11) is 0. The highest BCUT2D eigenvalue weighted by Crippen LogP contribution is 2.49. The summed E-state index contributed by atoms with van der Waals surface area (Å²) in [4.78, 5) is 31.4. The van der Waals surface area contributed by atoms with Gasteiger partial charge in [0.15, 0.2) is 0 Å². The number of aliphatic carboxylic acids is 1. The molecular formula is C16H22N2O3S. The number of fused-ring (bicyclic) bond motifs is 1. The fourth-order valence-corrected chi connectivity index (χ4v) is 5.04. The fraction of sp³-hybridized carbons (Fsp3) is 0.688. The molecule has 1 aromatic rings. The zero-order valence-electron chi connectivity index (χ0n) is 13.1. The largest absolute Gasteiger partial charge is 0.481 e. The Labute approximate surface area is 134 Å². The van der Waals surface area contributed by atoms with Crippen LogP contribution in [0.1, 0.15) is 53.0 Å². The molecule has 2 atom stereocenters. The van der Waals surface area contributed by atoms with E-state index < -0.39 is 11.4 Å². The summed E-state index contributed by atoms with van der Waals surface area (Å²) in [6, 6.07) is 0. The van der Waals surface area contributed by atoms with Gasteiger partial charge in [-0.15, -0.1) is 11.3 Å². The highest BCUT2D eigenvalue weighted by molar-refractivity contribution is 7.13. The van der Waals surface area contributed by atoms with Crippen molar-refractivity contribution in [1.29, 1.82) is 0 Å². The van der Waals surface area contributed by atoms with Gasteiger partial charge in [-0.3, -0.25) is 9.59 Å². The third kappa shape index (κ3) is 2.33. The van der Waals surface area contributed by atoms with Gasteiger partial charge in [0.05, 0.1) is 16.1 Å². The van der Waals surface area contributed by atoms with E-state index in [0.717, 1.165) is 36.4 Å². The number of hydrogen-bond acceptors (Lipinski definition) is 4. The number of thiazole rings is 1. The number of carbonyl (C=O) groups excluding carboxylic acids is 1. The number of carboxylic acid groups (broad SMARTS) is 1. The van der Waals surface area contributed by atoms with Crippen LogP contribution in [0.2, 0.25) is 0 Å². The van der Waals surface area contributed by atoms with Crippen molar-refractivity contribution in [2.45, 2.75) is 46.0 Å². The number of rotatable bonds is 4. The lowest BCUT2D eigenvalue weighted by molar-refractivity contribution is -0.149. The molecule has 2 fully saturated rings. The molecule has 1 amide bonds. The first-order valence-corrected chi connectivity index (χ1v) is 8.78. The average molecular weight is 322 g/mol. The minimum atomic E-state index is -0.738. The Kier molecular flexibility index (Phi) is 3.97. The Morgan fingerprint density at radius 2 is 2.27 bits per heavy atom. The smallest absolute Gasteiger partial charge is 0.311 e. The summed E-state index contributed by atoms with van der Waals surface area (Å²) < 4.78 is 0. The molecule has 1 N–H and O–H groups in total. The summed E-state index contributed by atoms with van der Waals surface area (Å²) in [5.41, 5.74) is 0.0698. The molecule has 0 spiro atoms. The van der Waals surface area contributed by atoms with Gasteiger partial charge in [-0.2, -0.15) is 0 Å². The third-order valence-corrected chi connectivity index (χ3v) is 6.29. The number of likely N-dealkylation sites (tertiary alicyclic amines) is 1. The predicted molar refractivity (Wildman–Crippen MR) is 84.2 cm³/mol. The molecule has 120 valence electrons. The Morgan fingerprint density at radius 1 is 1.50 bits per heavy atom. The number of amides is 1. The molecule has 1 saturated carbocycles. The molecule has 0 aromatic carbocycles. The quantitative estimate of drug-likeness (QED) is 0.925. The van der Waals surface area contributed by atoms with Crippen LogP contribution in [-0.2, 0) is 11.2 Å². The Morgan fingerprint density at radius 3 is 2.91 bits per heavy atom. The van der Waals surface area contributed by atoms with E-state index in [1.165, 1.54) is 11.3 Å². The van der Waals surface area contributed by atoms with E-state index in [1.54, 1.807) is 4.90 Å². The molecule has 1 aromatic heterocycles. The normalized spacial score (nSPS) is 27.2. The summed E-state index contributed by atoms with van der Waals surface area (Å²) >= 11 is 1.46. The molecule has 2 aliphatic rings. The SMILES string of the molecule is CCCc1nc(C)c(C(=O)N2C[C@@H]3CCC[C@@]3(C(=O)O)C2)s1. The number of aromatic nitrogens is 1. The standard InChI is InChI=1S/C16H22N2O3S/c1-3-5-12-17-10(2)13(22-12)14(19)18-8-11-6-4-7-16(11,9-18)15(20)21/h11H,3-9H2,1-2H3,(H,20,21)/t11-,16+/m0/s1. The fourth-order valence-electron chi connectivity index (χ4n) is 3.91. The topological polar surface area (TPSA) is 70.5 Å². The van der Waals surface area contributed by atoms with Crippen LogP contribution in [0.3, 0.4) is 0 Å². The second-order valence-electron chi connectivity index (χ2n) is 6.51. The molecular weight excluding hydrogens is 300 g/mol. The van der Waals surface area contributed by atoms with Gasteiger partial charge in [-0.25, -0.2) is 4.98 Å². The van der Waals surface area contributed by atoms with Gasteiger partial charge in [0.25, 0.3) is 5.91 Å². The second kappa shape index (κ2) is 5.65. The van der Waals surface area contributed by atoms with Crippen molar-refractivity contribution >= 4 is 23.2 Å². The van der Waals surface area contributed by atoms with Crippen molar-refractivity contribution in [3.05, 3.63) is 15.6 Å². The first-order chi connectivity index (χ1) is 10.5. The van der Waals surface area contributed by atoms with Crippen LogP contribution in [0.25, 0.3) is 0 Å². The lowest BCUT2D eigenvalue weighted by atomic mass is 9.81. The van der Waals surface area contributed by atoms with E-state index in [2.05, 4.69) is 11.9 Å². The zero-order chi connectivity index (χ0) is 15.9. The molecule has 5 nitrogen and oxygen atoms in total. The van der Waals surface area contributed by atoms with Gasteiger partial charge in [0, 0.05) is 13.1 Å². The van der Waals surface area contributed by atoms with Crippen LogP contribution >= 0.6 is 11.3 Å². The van der Waals surface area contributed by atoms with Crippen LogP contribution in [-0.4, -0.2) is 40.0 Å². The van der Waals surface area contributed by atoms with Crippen molar-refractivity contribution in [3.8, 4) is 0 Å². The first-order valence-electron chi connectivity index (χ1n) is 7.97. The molecule has 2 heterocycles. The van der Waals surface area contributed by atoms with E-state index in [9.17, 15) is 14.7 Å². The van der Waals surface area contributed by atoms with Crippen molar-refractivity contribution in [3.63, 3.8) is 0 Å². The van der Waals surface area contributed by atoms with Gasteiger partial charge in [0.1, 0.15) is 4.88 Å². The van der Waals surface area contributed by atoms with E-state index >= 15 is 0 Å². The molecule has 0 radical (unpaired) electrons. The molecule has 3 rings (SSSR count). The maximum Gasteiger partial charge on any atom is 0.311 e.